The summed E-state index contributed by atoms with van der Waals surface area (Å²) in [6.45, 7) is 3.67. The highest BCUT2D eigenvalue weighted by Gasteiger charge is 2.10. The third kappa shape index (κ3) is 3.37. The van der Waals surface area contributed by atoms with Gasteiger partial charge < -0.3 is 5.11 Å². The van der Waals surface area contributed by atoms with Gasteiger partial charge in [0.25, 0.3) is 0 Å². The highest BCUT2D eigenvalue weighted by molar-refractivity contribution is 6.30. The molecule has 2 aromatic rings. The molecule has 0 aliphatic rings. The van der Waals surface area contributed by atoms with Gasteiger partial charge in [-0.05, 0) is 34.9 Å². The molecule has 0 unspecified atom stereocenters. The van der Waals surface area contributed by atoms with Crippen LogP contribution in [0, 0.1) is 0 Å². The number of halogens is 1. The van der Waals surface area contributed by atoms with Gasteiger partial charge in [0.15, 0.2) is 0 Å². The molecule has 100 valence electrons. The van der Waals surface area contributed by atoms with Gasteiger partial charge in [-0.15, -0.1) is 0 Å². The summed E-state index contributed by atoms with van der Waals surface area (Å²) in [6, 6.07) is 14.2. The first kappa shape index (κ1) is 14.1. The maximum absolute atomic E-state index is 11.4. The van der Waals surface area contributed by atoms with E-state index in [0.29, 0.717) is 10.6 Å². The fourth-order valence-electron chi connectivity index (χ4n) is 1.79. The van der Waals surface area contributed by atoms with Crippen LogP contribution in [0.3, 0.4) is 0 Å². The van der Waals surface area contributed by atoms with Crippen molar-refractivity contribution < 1.29 is 9.90 Å². The molecule has 0 fully saturated rings. The van der Waals surface area contributed by atoms with Crippen LogP contribution in [0.15, 0.2) is 55.1 Å². The zero-order valence-corrected chi connectivity index (χ0v) is 11.5. The first-order chi connectivity index (χ1) is 9.60. The Kier molecular flexibility index (Phi) is 4.38. The fraction of sp³-hybridized carbons (Fsp3) is 0. The Labute approximate surface area is 122 Å². The molecule has 3 heteroatoms. The van der Waals surface area contributed by atoms with Crippen molar-refractivity contribution in [3.63, 3.8) is 0 Å². The van der Waals surface area contributed by atoms with E-state index in [1.807, 2.05) is 12.1 Å². The van der Waals surface area contributed by atoms with Gasteiger partial charge in [0, 0.05) is 5.02 Å². The van der Waals surface area contributed by atoms with E-state index in [2.05, 4.69) is 6.58 Å². The Morgan fingerprint density at radius 1 is 1.00 bits per heavy atom. The summed E-state index contributed by atoms with van der Waals surface area (Å²) < 4.78 is 0. The predicted molar refractivity (Wildman–Crippen MR) is 83.5 cm³/mol. The molecular formula is C17H13ClO2. The SMILES string of the molecule is C=Cc1ccc(C(=Cc2ccc(Cl)cc2)C(=O)O)cc1. The second-order valence-corrected chi connectivity index (χ2v) is 4.68. The molecule has 0 spiro atoms. The lowest BCUT2D eigenvalue weighted by Gasteiger charge is -2.04. The van der Waals surface area contributed by atoms with Crippen LogP contribution in [0.2, 0.25) is 5.02 Å². The molecule has 0 amide bonds. The van der Waals surface area contributed by atoms with Crippen molar-refractivity contribution in [2.75, 3.05) is 0 Å². The molecule has 0 saturated carbocycles. The number of aliphatic carboxylic acids is 1. The Balaban J connectivity index is 2.42. The van der Waals surface area contributed by atoms with Crippen molar-refractivity contribution in [1.82, 2.24) is 0 Å². The molecule has 0 bridgehead atoms. The van der Waals surface area contributed by atoms with Crippen LogP contribution in [-0.2, 0) is 4.79 Å². The van der Waals surface area contributed by atoms with Gasteiger partial charge in [0.05, 0.1) is 5.57 Å². The quantitative estimate of drug-likeness (QED) is 0.658. The largest absolute Gasteiger partial charge is 0.478 e. The number of hydrogen-bond acceptors (Lipinski definition) is 1. The molecule has 1 N–H and O–H groups in total. The smallest absolute Gasteiger partial charge is 0.336 e. The van der Waals surface area contributed by atoms with Crippen LogP contribution in [0.5, 0.6) is 0 Å². The van der Waals surface area contributed by atoms with Crippen molar-refractivity contribution in [1.29, 1.82) is 0 Å². The topological polar surface area (TPSA) is 37.3 Å². The molecule has 2 aromatic carbocycles. The molecule has 20 heavy (non-hydrogen) atoms. The third-order valence-corrected chi connectivity index (χ3v) is 3.12. The van der Waals surface area contributed by atoms with Crippen LogP contribution >= 0.6 is 11.6 Å². The highest BCUT2D eigenvalue weighted by Crippen LogP contribution is 2.20. The lowest BCUT2D eigenvalue weighted by atomic mass is 10.0. The monoisotopic (exact) mass is 284 g/mol. The Hall–Kier alpha value is -2.32. The summed E-state index contributed by atoms with van der Waals surface area (Å²) in [7, 11) is 0. The van der Waals surface area contributed by atoms with Crippen molar-refractivity contribution in [3.8, 4) is 0 Å². The van der Waals surface area contributed by atoms with Gasteiger partial charge in [0.1, 0.15) is 0 Å². The van der Waals surface area contributed by atoms with E-state index in [4.69, 9.17) is 11.6 Å². The molecule has 2 rings (SSSR count). The zero-order chi connectivity index (χ0) is 14.5. The van der Waals surface area contributed by atoms with Crippen LogP contribution in [0.1, 0.15) is 16.7 Å². The van der Waals surface area contributed by atoms with Gasteiger partial charge >= 0.3 is 5.97 Å². The van der Waals surface area contributed by atoms with E-state index < -0.39 is 5.97 Å². The standard InChI is InChI=1S/C17H13ClO2/c1-2-12-3-7-14(8-4-12)16(17(19)20)11-13-5-9-15(18)10-6-13/h2-11H,1H2,(H,19,20). The lowest BCUT2D eigenvalue weighted by molar-refractivity contribution is -0.130. The van der Waals surface area contributed by atoms with Gasteiger partial charge in [-0.3, -0.25) is 0 Å². The van der Waals surface area contributed by atoms with Crippen molar-refractivity contribution in [2.24, 2.45) is 0 Å². The van der Waals surface area contributed by atoms with Crippen molar-refractivity contribution in [3.05, 3.63) is 76.8 Å². The van der Waals surface area contributed by atoms with Crippen LogP contribution in [0.4, 0.5) is 0 Å². The van der Waals surface area contributed by atoms with E-state index in [-0.39, 0.29) is 5.57 Å². The van der Waals surface area contributed by atoms with Crippen molar-refractivity contribution in [2.45, 2.75) is 0 Å². The number of benzene rings is 2. The summed E-state index contributed by atoms with van der Waals surface area (Å²) in [6.07, 6.45) is 3.34. The molecule has 2 nitrogen and oxygen atoms in total. The normalized spacial score (nSPS) is 11.2. The third-order valence-electron chi connectivity index (χ3n) is 2.87. The minimum Gasteiger partial charge on any atom is -0.478 e. The molecule has 0 atom stereocenters. The van der Waals surface area contributed by atoms with Crippen LogP contribution < -0.4 is 0 Å². The van der Waals surface area contributed by atoms with Gasteiger partial charge in [-0.1, -0.05) is 60.7 Å². The van der Waals surface area contributed by atoms with E-state index in [1.54, 1.807) is 48.6 Å². The Bertz CT molecular complexity index is 652. The number of hydrogen-bond donors (Lipinski definition) is 1. The minimum absolute atomic E-state index is 0.239. The first-order valence-electron chi connectivity index (χ1n) is 6.03. The molecule has 0 aliphatic heterocycles. The molecule has 0 radical (unpaired) electrons. The summed E-state index contributed by atoms with van der Waals surface area (Å²) in [5, 5.41) is 9.97. The number of carboxylic acids is 1. The van der Waals surface area contributed by atoms with Crippen LogP contribution in [-0.4, -0.2) is 11.1 Å². The summed E-state index contributed by atoms with van der Waals surface area (Å²) in [5.41, 5.74) is 2.63. The van der Waals surface area contributed by atoms with E-state index >= 15 is 0 Å². The number of rotatable bonds is 4. The zero-order valence-electron chi connectivity index (χ0n) is 10.7. The number of carbonyl (C=O) groups is 1. The van der Waals surface area contributed by atoms with Crippen LogP contribution in [0.25, 0.3) is 17.7 Å². The molecule has 0 aliphatic carbocycles. The lowest BCUT2D eigenvalue weighted by Crippen LogP contribution is -1.99. The first-order valence-corrected chi connectivity index (χ1v) is 6.41. The maximum Gasteiger partial charge on any atom is 0.336 e. The predicted octanol–water partition coefficient (Wildman–Crippen LogP) is 4.61. The molecular weight excluding hydrogens is 272 g/mol. The van der Waals surface area contributed by atoms with E-state index in [1.165, 1.54) is 0 Å². The minimum atomic E-state index is -0.966. The average Bonchev–Trinajstić information content (AvgIpc) is 2.46. The van der Waals surface area contributed by atoms with Gasteiger partial charge in [-0.25, -0.2) is 4.79 Å². The van der Waals surface area contributed by atoms with Gasteiger partial charge in [-0.2, -0.15) is 0 Å². The average molecular weight is 285 g/mol. The molecule has 0 saturated heterocycles. The van der Waals surface area contributed by atoms with Gasteiger partial charge in [0.2, 0.25) is 0 Å². The second kappa shape index (κ2) is 6.22. The van der Waals surface area contributed by atoms with E-state index in [9.17, 15) is 9.90 Å². The molecule has 0 aromatic heterocycles. The summed E-state index contributed by atoms with van der Waals surface area (Å²) in [4.78, 5) is 11.4. The van der Waals surface area contributed by atoms with Crippen molar-refractivity contribution >= 4 is 35.3 Å². The summed E-state index contributed by atoms with van der Waals surface area (Å²) in [5.74, 6) is -0.966. The summed E-state index contributed by atoms with van der Waals surface area (Å²) >= 11 is 5.81. The Morgan fingerprint density at radius 3 is 2.05 bits per heavy atom. The van der Waals surface area contributed by atoms with E-state index in [0.717, 1.165) is 11.1 Å². The second-order valence-electron chi connectivity index (χ2n) is 4.24. The molecule has 0 heterocycles. The Morgan fingerprint density at radius 2 is 1.55 bits per heavy atom. The maximum atomic E-state index is 11.4. The highest BCUT2D eigenvalue weighted by atomic mass is 35.5. The fourth-order valence-corrected chi connectivity index (χ4v) is 1.92. The number of carboxylic acid groups (broad SMARTS) is 1.